The average molecular weight is 312 g/mol. The molecule has 0 bridgehead atoms. The fourth-order valence-electron chi connectivity index (χ4n) is 1.51. The van der Waals surface area contributed by atoms with Crippen molar-refractivity contribution in [2.24, 2.45) is 0 Å². The van der Waals surface area contributed by atoms with Crippen molar-refractivity contribution in [3.63, 3.8) is 0 Å². The van der Waals surface area contributed by atoms with Gasteiger partial charge in [-0.25, -0.2) is 4.98 Å². The number of carbonyl (C=O) groups is 1. The third-order valence-corrected chi connectivity index (χ3v) is 2.91. The molecule has 0 fully saturated rings. The lowest BCUT2D eigenvalue weighted by Crippen LogP contribution is -2.14. The van der Waals surface area contributed by atoms with Gasteiger partial charge in [0.1, 0.15) is 16.0 Å². The summed E-state index contributed by atoms with van der Waals surface area (Å²) in [6.07, 6.45) is 0. The number of para-hydroxylation sites is 2. The summed E-state index contributed by atoms with van der Waals surface area (Å²) in [5.41, 5.74) is -0.0540. The first kappa shape index (κ1) is 14.2. The number of amides is 1. The molecule has 1 aromatic heterocycles. The van der Waals surface area contributed by atoms with Crippen LogP contribution in [-0.4, -0.2) is 15.8 Å². The number of nitrogens with one attached hydrogen (secondary N) is 1. The highest BCUT2D eigenvalue weighted by Crippen LogP contribution is 2.25. The molecule has 8 heteroatoms. The van der Waals surface area contributed by atoms with Crippen molar-refractivity contribution in [2.75, 3.05) is 5.32 Å². The molecule has 20 heavy (non-hydrogen) atoms. The zero-order chi connectivity index (χ0) is 14.7. The van der Waals surface area contributed by atoms with Gasteiger partial charge in [-0.05, 0) is 18.2 Å². The molecule has 6 nitrogen and oxygen atoms in total. The van der Waals surface area contributed by atoms with E-state index in [0.717, 1.165) is 0 Å². The molecule has 1 amide bonds. The lowest BCUT2D eigenvalue weighted by atomic mass is 10.2. The summed E-state index contributed by atoms with van der Waals surface area (Å²) in [7, 11) is 0. The summed E-state index contributed by atoms with van der Waals surface area (Å²) in [5, 5.41) is 13.3. The smallest absolute Gasteiger partial charge is 0.292 e. The van der Waals surface area contributed by atoms with Gasteiger partial charge in [-0.2, -0.15) is 0 Å². The fraction of sp³-hybridized carbons (Fsp3) is 0. The molecule has 0 saturated carbocycles. The number of nitro groups is 1. The number of pyridine rings is 1. The highest BCUT2D eigenvalue weighted by atomic mass is 35.5. The van der Waals surface area contributed by atoms with Crippen LogP contribution < -0.4 is 5.32 Å². The number of hydrogen-bond acceptors (Lipinski definition) is 4. The predicted molar refractivity (Wildman–Crippen MR) is 75.3 cm³/mol. The molecule has 1 N–H and O–H groups in total. The summed E-state index contributed by atoms with van der Waals surface area (Å²) in [5.74, 6) is -0.603. The molecule has 2 aromatic rings. The van der Waals surface area contributed by atoms with E-state index in [4.69, 9.17) is 23.2 Å². The topological polar surface area (TPSA) is 85.1 Å². The van der Waals surface area contributed by atoms with Crippen LogP contribution in [0.4, 0.5) is 11.4 Å². The third-order valence-electron chi connectivity index (χ3n) is 2.41. The number of rotatable bonds is 3. The molecule has 0 unspecified atom stereocenters. The maximum atomic E-state index is 12.0. The van der Waals surface area contributed by atoms with Gasteiger partial charge in [0.25, 0.3) is 11.6 Å². The van der Waals surface area contributed by atoms with Crippen molar-refractivity contribution in [2.45, 2.75) is 0 Å². The van der Waals surface area contributed by atoms with Gasteiger partial charge in [-0.15, -0.1) is 0 Å². The van der Waals surface area contributed by atoms with Crippen LogP contribution in [0.15, 0.2) is 36.4 Å². The minimum absolute atomic E-state index is 0.0754. The summed E-state index contributed by atoms with van der Waals surface area (Å²) in [6.45, 7) is 0. The zero-order valence-corrected chi connectivity index (χ0v) is 11.4. The van der Waals surface area contributed by atoms with Crippen LogP contribution in [0.3, 0.4) is 0 Å². The van der Waals surface area contributed by atoms with E-state index in [1.165, 1.54) is 30.3 Å². The molecular weight excluding hydrogens is 305 g/mol. The predicted octanol–water partition coefficient (Wildman–Crippen LogP) is 3.55. The highest BCUT2D eigenvalue weighted by Gasteiger charge is 2.17. The van der Waals surface area contributed by atoms with E-state index in [2.05, 4.69) is 10.3 Å². The van der Waals surface area contributed by atoms with Crippen LogP contribution in [-0.2, 0) is 0 Å². The first-order valence-electron chi connectivity index (χ1n) is 5.36. The van der Waals surface area contributed by atoms with Gasteiger partial charge in [-0.3, -0.25) is 14.9 Å². The quantitative estimate of drug-likeness (QED) is 0.533. The second kappa shape index (κ2) is 5.85. The first-order valence-corrected chi connectivity index (χ1v) is 6.11. The Balaban J connectivity index is 2.30. The van der Waals surface area contributed by atoms with Crippen LogP contribution in [0, 0.1) is 10.1 Å². The molecule has 1 aromatic carbocycles. The minimum atomic E-state index is -0.603. The number of anilines is 1. The Morgan fingerprint density at radius 1 is 1.20 bits per heavy atom. The van der Waals surface area contributed by atoms with Crippen LogP contribution in [0.5, 0.6) is 0 Å². The number of nitrogens with zero attached hydrogens (tertiary/aromatic N) is 2. The molecule has 0 radical (unpaired) electrons. The van der Waals surface area contributed by atoms with E-state index < -0.39 is 10.8 Å². The zero-order valence-electron chi connectivity index (χ0n) is 9.84. The molecule has 0 aliphatic heterocycles. The average Bonchev–Trinajstić information content (AvgIpc) is 2.38. The number of halogens is 2. The van der Waals surface area contributed by atoms with Crippen molar-refractivity contribution in [3.05, 3.63) is 62.4 Å². The van der Waals surface area contributed by atoms with Crippen molar-refractivity contribution < 1.29 is 9.72 Å². The van der Waals surface area contributed by atoms with Gasteiger partial charge in [0.05, 0.1) is 10.5 Å². The normalized spacial score (nSPS) is 10.1. The van der Waals surface area contributed by atoms with Gasteiger partial charge in [0.2, 0.25) is 0 Å². The largest absolute Gasteiger partial charge is 0.316 e. The van der Waals surface area contributed by atoms with E-state index in [-0.39, 0.29) is 27.2 Å². The molecule has 0 spiro atoms. The van der Waals surface area contributed by atoms with E-state index >= 15 is 0 Å². The fourth-order valence-corrected chi connectivity index (χ4v) is 1.94. The van der Waals surface area contributed by atoms with Crippen molar-refractivity contribution in [3.8, 4) is 0 Å². The Hall–Kier alpha value is -2.18. The number of carbonyl (C=O) groups excluding carboxylic acids is 1. The van der Waals surface area contributed by atoms with Crippen LogP contribution >= 0.6 is 23.2 Å². The van der Waals surface area contributed by atoms with Gasteiger partial charge in [0, 0.05) is 6.07 Å². The van der Waals surface area contributed by atoms with Crippen molar-refractivity contribution in [1.82, 2.24) is 4.98 Å². The molecular formula is C12H7Cl2N3O3. The van der Waals surface area contributed by atoms with Crippen LogP contribution in [0.1, 0.15) is 10.4 Å². The van der Waals surface area contributed by atoms with Gasteiger partial charge in [-0.1, -0.05) is 35.3 Å². The SMILES string of the molecule is O=C(Nc1ccccc1[N+](=O)[O-])c1ccc(Cl)nc1Cl. The second-order valence-corrected chi connectivity index (χ2v) is 4.45. The lowest BCUT2D eigenvalue weighted by molar-refractivity contribution is -0.383. The maximum absolute atomic E-state index is 12.0. The standard InChI is InChI=1S/C12H7Cl2N3O3/c13-10-6-5-7(11(14)16-10)12(18)15-8-3-1-2-4-9(8)17(19)20/h1-6H,(H,15,18). The number of benzene rings is 1. The van der Waals surface area contributed by atoms with Gasteiger partial charge >= 0.3 is 0 Å². The summed E-state index contributed by atoms with van der Waals surface area (Å²) < 4.78 is 0. The third kappa shape index (κ3) is 3.04. The van der Waals surface area contributed by atoms with Crippen LogP contribution in [0.25, 0.3) is 0 Å². The van der Waals surface area contributed by atoms with Gasteiger partial charge in [0.15, 0.2) is 0 Å². The molecule has 0 aliphatic carbocycles. The summed E-state index contributed by atoms with van der Waals surface area (Å²) in [4.78, 5) is 26.0. The van der Waals surface area contributed by atoms with Crippen LogP contribution in [0.2, 0.25) is 10.3 Å². The number of aromatic nitrogens is 1. The number of nitro benzene ring substituents is 1. The Morgan fingerprint density at radius 2 is 1.90 bits per heavy atom. The maximum Gasteiger partial charge on any atom is 0.292 e. The van der Waals surface area contributed by atoms with E-state index in [9.17, 15) is 14.9 Å². The minimum Gasteiger partial charge on any atom is -0.316 e. The number of hydrogen-bond donors (Lipinski definition) is 1. The molecule has 102 valence electrons. The summed E-state index contributed by atoms with van der Waals surface area (Å²) in [6, 6.07) is 8.59. The lowest BCUT2D eigenvalue weighted by Gasteiger charge is -2.06. The van der Waals surface area contributed by atoms with Crippen molar-refractivity contribution in [1.29, 1.82) is 0 Å². The highest BCUT2D eigenvalue weighted by molar-refractivity contribution is 6.35. The summed E-state index contributed by atoms with van der Waals surface area (Å²) >= 11 is 11.4. The Morgan fingerprint density at radius 3 is 2.55 bits per heavy atom. The van der Waals surface area contributed by atoms with Gasteiger partial charge < -0.3 is 5.32 Å². The molecule has 0 atom stereocenters. The van der Waals surface area contributed by atoms with Crippen molar-refractivity contribution >= 4 is 40.5 Å². The Kier molecular flexibility index (Phi) is 4.16. The van der Waals surface area contributed by atoms with E-state index in [0.29, 0.717) is 0 Å². The first-order chi connectivity index (χ1) is 9.49. The Labute approximate surface area is 123 Å². The molecule has 0 aliphatic rings. The Bertz CT molecular complexity index is 691. The van der Waals surface area contributed by atoms with E-state index in [1.54, 1.807) is 6.07 Å². The van der Waals surface area contributed by atoms with E-state index in [1.807, 2.05) is 0 Å². The second-order valence-electron chi connectivity index (χ2n) is 3.70. The molecule has 1 heterocycles. The molecule has 0 saturated heterocycles. The monoisotopic (exact) mass is 311 g/mol. The molecule has 2 rings (SSSR count).